The van der Waals surface area contributed by atoms with Crippen LogP contribution in [0.2, 0.25) is 0 Å². The molecule has 80 valence electrons. The summed E-state index contributed by atoms with van der Waals surface area (Å²) in [6, 6.07) is 6.78. The van der Waals surface area contributed by atoms with Crippen molar-refractivity contribution >= 4 is 12.2 Å². The van der Waals surface area contributed by atoms with E-state index in [2.05, 4.69) is 5.32 Å². The summed E-state index contributed by atoms with van der Waals surface area (Å²) in [6.07, 6.45) is 0.701. The van der Waals surface area contributed by atoms with E-state index in [1.165, 1.54) is 0 Å². The van der Waals surface area contributed by atoms with E-state index in [0.29, 0.717) is 24.1 Å². The normalized spacial score (nSPS) is 9.40. The largest absolute Gasteiger partial charge is 0.483 e. The lowest BCUT2D eigenvalue weighted by atomic mass is 10.2. The molecule has 4 heteroatoms. The number of hydrogen-bond acceptors (Lipinski definition) is 3. The number of rotatable bonds is 5. The summed E-state index contributed by atoms with van der Waals surface area (Å²) >= 11 is 0. The van der Waals surface area contributed by atoms with Gasteiger partial charge in [0.25, 0.3) is 5.91 Å². The molecule has 1 N–H and O–H groups in total. The lowest BCUT2D eigenvalue weighted by Crippen LogP contribution is -2.28. The molecule has 1 aromatic carbocycles. The SMILES string of the molecule is CCNC(=O)COc1ccccc1C=O. The lowest BCUT2D eigenvalue weighted by molar-refractivity contribution is -0.122. The number of likely N-dealkylation sites (N-methyl/N-ethyl adjacent to an activating group) is 1. The Balaban J connectivity index is 2.57. The fourth-order valence-corrected chi connectivity index (χ4v) is 1.10. The minimum atomic E-state index is -0.196. The zero-order valence-corrected chi connectivity index (χ0v) is 8.53. The van der Waals surface area contributed by atoms with Crippen molar-refractivity contribution in [3.05, 3.63) is 29.8 Å². The minimum absolute atomic E-state index is 0.0707. The highest BCUT2D eigenvalue weighted by Gasteiger charge is 2.04. The van der Waals surface area contributed by atoms with E-state index >= 15 is 0 Å². The van der Waals surface area contributed by atoms with E-state index in [4.69, 9.17) is 4.74 Å². The number of amides is 1. The van der Waals surface area contributed by atoms with Crippen molar-refractivity contribution in [1.82, 2.24) is 5.32 Å². The molecule has 0 unspecified atom stereocenters. The van der Waals surface area contributed by atoms with Crippen LogP contribution in [0.3, 0.4) is 0 Å². The second-order valence-corrected chi connectivity index (χ2v) is 2.90. The standard InChI is InChI=1S/C11H13NO3/c1-2-12-11(14)8-15-10-6-4-3-5-9(10)7-13/h3-7H,2,8H2,1H3,(H,12,14). The van der Waals surface area contributed by atoms with Crippen LogP contribution < -0.4 is 10.1 Å². The number of carbonyl (C=O) groups is 2. The molecule has 0 bridgehead atoms. The Kier molecular flexibility index (Phi) is 4.34. The molecule has 0 aliphatic heterocycles. The molecule has 0 atom stereocenters. The maximum atomic E-state index is 11.1. The second kappa shape index (κ2) is 5.80. The average Bonchev–Trinajstić information content (AvgIpc) is 2.27. The smallest absolute Gasteiger partial charge is 0.257 e. The zero-order valence-electron chi connectivity index (χ0n) is 8.53. The summed E-state index contributed by atoms with van der Waals surface area (Å²) in [7, 11) is 0. The Morgan fingerprint density at radius 1 is 1.47 bits per heavy atom. The van der Waals surface area contributed by atoms with Crippen LogP contribution >= 0.6 is 0 Å². The Morgan fingerprint density at radius 2 is 2.20 bits per heavy atom. The number of hydrogen-bond donors (Lipinski definition) is 1. The van der Waals surface area contributed by atoms with E-state index in [1.807, 2.05) is 6.92 Å². The van der Waals surface area contributed by atoms with Gasteiger partial charge in [0.15, 0.2) is 12.9 Å². The molecule has 0 fully saturated rings. The van der Waals surface area contributed by atoms with Crippen LogP contribution in [0.5, 0.6) is 5.75 Å². The fourth-order valence-electron chi connectivity index (χ4n) is 1.10. The summed E-state index contributed by atoms with van der Waals surface area (Å²) in [5.41, 5.74) is 0.446. The second-order valence-electron chi connectivity index (χ2n) is 2.90. The monoisotopic (exact) mass is 207 g/mol. The van der Waals surface area contributed by atoms with Gasteiger partial charge in [-0.1, -0.05) is 12.1 Å². The molecule has 0 radical (unpaired) electrons. The molecule has 0 heterocycles. The van der Waals surface area contributed by atoms with Crippen molar-refractivity contribution < 1.29 is 14.3 Å². The van der Waals surface area contributed by atoms with Gasteiger partial charge < -0.3 is 10.1 Å². The summed E-state index contributed by atoms with van der Waals surface area (Å²) in [5.74, 6) is 0.233. The first kappa shape index (κ1) is 11.2. The van der Waals surface area contributed by atoms with Gasteiger partial charge in [-0.05, 0) is 19.1 Å². The molecule has 0 aliphatic carbocycles. The van der Waals surface area contributed by atoms with Crippen LogP contribution in [0, 0.1) is 0 Å². The van der Waals surface area contributed by atoms with Crippen molar-refractivity contribution in [1.29, 1.82) is 0 Å². The van der Waals surface area contributed by atoms with Crippen molar-refractivity contribution in [2.24, 2.45) is 0 Å². The third-order valence-corrected chi connectivity index (χ3v) is 1.78. The number of para-hydroxylation sites is 1. The van der Waals surface area contributed by atoms with Crippen LogP contribution in [0.25, 0.3) is 0 Å². The molecular formula is C11H13NO3. The molecule has 0 saturated heterocycles. The highest BCUT2D eigenvalue weighted by Crippen LogP contribution is 2.15. The van der Waals surface area contributed by atoms with E-state index in [0.717, 1.165) is 0 Å². The van der Waals surface area contributed by atoms with Gasteiger partial charge in [0.2, 0.25) is 0 Å². The van der Waals surface area contributed by atoms with Crippen LogP contribution in [0.1, 0.15) is 17.3 Å². The van der Waals surface area contributed by atoms with Gasteiger partial charge in [0, 0.05) is 6.54 Å². The Morgan fingerprint density at radius 3 is 2.87 bits per heavy atom. The molecule has 15 heavy (non-hydrogen) atoms. The number of benzene rings is 1. The first-order valence-corrected chi connectivity index (χ1v) is 4.71. The van der Waals surface area contributed by atoms with Gasteiger partial charge in [-0.2, -0.15) is 0 Å². The molecule has 1 aromatic rings. The van der Waals surface area contributed by atoms with Crippen LogP contribution in [0.4, 0.5) is 0 Å². The molecular weight excluding hydrogens is 194 g/mol. The van der Waals surface area contributed by atoms with Crippen LogP contribution in [-0.2, 0) is 4.79 Å². The zero-order chi connectivity index (χ0) is 11.1. The molecule has 1 amide bonds. The maximum absolute atomic E-state index is 11.1. The maximum Gasteiger partial charge on any atom is 0.257 e. The Hall–Kier alpha value is -1.84. The molecule has 4 nitrogen and oxygen atoms in total. The highest BCUT2D eigenvalue weighted by molar-refractivity contribution is 5.80. The van der Waals surface area contributed by atoms with Crippen LogP contribution in [-0.4, -0.2) is 25.3 Å². The van der Waals surface area contributed by atoms with Gasteiger partial charge >= 0.3 is 0 Å². The van der Waals surface area contributed by atoms with Crippen molar-refractivity contribution in [2.75, 3.05) is 13.2 Å². The fraction of sp³-hybridized carbons (Fsp3) is 0.273. The molecule has 0 aliphatic rings. The molecule has 0 saturated carbocycles. The van der Waals surface area contributed by atoms with Gasteiger partial charge in [0.1, 0.15) is 5.75 Å². The minimum Gasteiger partial charge on any atom is -0.483 e. The predicted octanol–water partition coefficient (Wildman–Crippen LogP) is 1.01. The van der Waals surface area contributed by atoms with Gasteiger partial charge in [0.05, 0.1) is 5.56 Å². The number of carbonyl (C=O) groups excluding carboxylic acids is 2. The van der Waals surface area contributed by atoms with Crippen LogP contribution in [0.15, 0.2) is 24.3 Å². The third kappa shape index (κ3) is 3.42. The first-order valence-electron chi connectivity index (χ1n) is 4.71. The average molecular weight is 207 g/mol. The Labute approximate surface area is 88.2 Å². The van der Waals surface area contributed by atoms with Crippen molar-refractivity contribution in [2.45, 2.75) is 6.92 Å². The first-order chi connectivity index (χ1) is 7.27. The Bertz CT molecular complexity index is 349. The van der Waals surface area contributed by atoms with E-state index in [1.54, 1.807) is 24.3 Å². The topological polar surface area (TPSA) is 55.4 Å². The number of ether oxygens (including phenoxy) is 1. The summed E-state index contributed by atoms with van der Waals surface area (Å²) < 4.78 is 5.20. The summed E-state index contributed by atoms with van der Waals surface area (Å²) in [6.45, 7) is 2.33. The quantitative estimate of drug-likeness (QED) is 0.733. The predicted molar refractivity (Wildman–Crippen MR) is 56.0 cm³/mol. The molecule has 1 rings (SSSR count). The van der Waals surface area contributed by atoms with Gasteiger partial charge in [-0.15, -0.1) is 0 Å². The summed E-state index contributed by atoms with van der Waals surface area (Å²) in [5, 5.41) is 2.60. The number of aldehydes is 1. The third-order valence-electron chi connectivity index (χ3n) is 1.78. The molecule has 0 aromatic heterocycles. The summed E-state index contributed by atoms with van der Waals surface area (Å²) in [4.78, 5) is 21.7. The van der Waals surface area contributed by atoms with E-state index in [9.17, 15) is 9.59 Å². The van der Waals surface area contributed by atoms with E-state index in [-0.39, 0.29) is 12.5 Å². The molecule has 0 spiro atoms. The van der Waals surface area contributed by atoms with Crippen molar-refractivity contribution in [3.63, 3.8) is 0 Å². The lowest BCUT2D eigenvalue weighted by Gasteiger charge is -2.07. The van der Waals surface area contributed by atoms with Gasteiger partial charge in [-0.3, -0.25) is 9.59 Å². The van der Waals surface area contributed by atoms with Gasteiger partial charge in [-0.25, -0.2) is 0 Å². The number of nitrogens with one attached hydrogen (secondary N) is 1. The van der Waals surface area contributed by atoms with E-state index < -0.39 is 0 Å². The highest BCUT2D eigenvalue weighted by atomic mass is 16.5. The van der Waals surface area contributed by atoms with Crippen molar-refractivity contribution in [3.8, 4) is 5.75 Å².